The Morgan fingerprint density at radius 2 is 0.821 bits per heavy atom. The largest absolute Gasteiger partial charge is 0.505 e. The second-order valence-corrected chi connectivity index (χ2v) is 7.61. The molecule has 0 aliphatic rings. The Labute approximate surface area is 167 Å². The summed E-state index contributed by atoms with van der Waals surface area (Å²) >= 11 is 0. The summed E-state index contributed by atoms with van der Waals surface area (Å²) in [5.41, 5.74) is 1.90. The summed E-state index contributed by atoms with van der Waals surface area (Å²) in [6, 6.07) is 9.27. The second-order valence-electron chi connectivity index (χ2n) is 7.61. The van der Waals surface area contributed by atoms with Gasteiger partial charge in [0.15, 0.2) is 23.1 Å². The lowest BCUT2D eigenvalue weighted by atomic mass is 10.0. The number of aryl methyl sites for hydroxylation is 2. The van der Waals surface area contributed by atoms with Crippen LogP contribution < -0.4 is 0 Å². The summed E-state index contributed by atoms with van der Waals surface area (Å²) in [5.74, 6) is -1.63. The van der Waals surface area contributed by atoms with Crippen LogP contribution >= 0.6 is 0 Å². The summed E-state index contributed by atoms with van der Waals surface area (Å²) in [5, 5.41) is 18.4. The highest BCUT2D eigenvalue weighted by molar-refractivity contribution is 5.28. The van der Waals surface area contributed by atoms with Gasteiger partial charge in [-0.1, -0.05) is 63.5 Å². The standard InChI is InChI=1S/C24H32F2O2/c25-21-17-19(13-15-23(21)27)11-9-7-5-3-1-2-4-6-8-10-12-20-14-16-24(28)22(26)18-20/h13-18,27-28H,1-12H2. The number of phenols is 2. The molecule has 0 bridgehead atoms. The van der Waals surface area contributed by atoms with Gasteiger partial charge in [0.05, 0.1) is 0 Å². The van der Waals surface area contributed by atoms with Crippen LogP contribution in [-0.4, -0.2) is 10.2 Å². The zero-order valence-electron chi connectivity index (χ0n) is 16.6. The van der Waals surface area contributed by atoms with E-state index in [1.54, 1.807) is 12.1 Å². The molecule has 2 aromatic carbocycles. The molecule has 0 atom stereocenters. The molecule has 0 aromatic heterocycles. The molecule has 0 aliphatic heterocycles. The highest BCUT2D eigenvalue weighted by Gasteiger charge is 2.02. The van der Waals surface area contributed by atoms with E-state index in [1.165, 1.54) is 62.8 Å². The average Bonchev–Trinajstić information content (AvgIpc) is 2.68. The van der Waals surface area contributed by atoms with Gasteiger partial charge in [-0.05, 0) is 61.1 Å². The van der Waals surface area contributed by atoms with Crippen LogP contribution in [-0.2, 0) is 12.8 Å². The minimum atomic E-state index is -0.535. The highest BCUT2D eigenvalue weighted by Crippen LogP contribution is 2.19. The lowest BCUT2D eigenvalue weighted by Gasteiger charge is -2.05. The van der Waals surface area contributed by atoms with Crippen molar-refractivity contribution in [3.05, 3.63) is 59.2 Å². The number of benzene rings is 2. The van der Waals surface area contributed by atoms with Crippen LogP contribution in [0.15, 0.2) is 36.4 Å². The van der Waals surface area contributed by atoms with Crippen molar-refractivity contribution in [2.75, 3.05) is 0 Å². The van der Waals surface area contributed by atoms with Crippen LogP contribution in [0.3, 0.4) is 0 Å². The van der Waals surface area contributed by atoms with Crippen LogP contribution in [0.1, 0.15) is 75.3 Å². The molecule has 2 rings (SSSR count). The maximum absolute atomic E-state index is 13.2. The van der Waals surface area contributed by atoms with E-state index < -0.39 is 11.6 Å². The fourth-order valence-electron chi connectivity index (χ4n) is 3.48. The number of rotatable bonds is 13. The van der Waals surface area contributed by atoms with Gasteiger partial charge < -0.3 is 10.2 Å². The number of unbranched alkanes of at least 4 members (excludes halogenated alkanes) is 9. The van der Waals surface area contributed by atoms with E-state index in [4.69, 9.17) is 0 Å². The van der Waals surface area contributed by atoms with Crippen LogP contribution in [0.2, 0.25) is 0 Å². The maximum Gasteiger partial charge on any atom is 0.165 e. The van der Waals surface area contributed by atoms with Crippen molar-refractivity contribution >= 4 is 0 Å². The Kier molecular flexibility index (Phi) is 9.81. The maximum atomic E-state index is 13.2. The van der Waals surface area contributed by atoms with E-state index in [0.29, 0.717) is 0 Å². The third-order valence-corrected chi connectivity index (χ3v) is 5.21. The molecule has 4 heteroatoms. The van der Waals surface area contributed by atoms with Gasteiger partial charge >= 0.3 is 0 Å². The molecule has 154 valence electrons. The van der Waals surface area contributed by atoms with Gasteiger partial charge in [-0.15, -0.1) is 0 Å². The monoisotopic (exact) mass is 390 g/mol. The Hall–Kier alpha value is -2.10. The van der Waals surface area contributed by atoms with Crippen molar-refractivity contribution in [2.45, 2.75) is 77.0 Å². The second kappa shape index (κ2) is 12.4. The molecule has 2 N–H and O–H groups in total. The molecular formula is C24H32F2O2. The van der Waals surface area contributed by atoms with Crippen molar-refractivity contribution < 1.29 is 19.0 Å². The first kappa shape index (κ1) is 22.2. The molecule has 0 saturated carbocycles. The molecule has 0 unspecified atom stereocenters. The molecule has 2 nitrogen and oxygen atoms in total. The first-order chi connectivity index (χ1) is 13.6. The van der Waals surface area contributed by atoms with Crippen LogP contribution in [0.5, 0.6) is 11.5 Å². The number of halogens is 2. The Bertz CT molecular complexity index is 654. The van der Waals surface area contributed by atoms with Gasteiger partial charge in [0, 0.05) is 0 Å². The molecule has 0 radical (unpaired) electrons. The molecule has 28 heavy (non-hydrogen) atoms. The zero-order chi connectivity index (χ0) is 20.2. The summed E-state index contributed by atoms with van der Waals surface area (Å²) in [6.07, 6.45) is 13.6. The Morgan fingerprint density at radius 1 is 0.500 bits per heavy atom. The minimum absolute atomic E-state index is 0.280. The Balaban J connectivity index is 1.39. The normalized spacial score (nSPS) is 11.1. The van der Waals surface area contributed by atoms with Gasteiger partial charge in [-0.3, -0.25) is 0 Å². The summed E-state index contributed by atoms with van der Waals surface area (Å²) in [4.78, 5) is 0. The predicted molar refractivity (Wildman–Crippen MR) is 110 cm³/mol. The number of aromatic hydroxyl groups is 2. The van der Waals surface area contributed by atoms with E-state index in [1.807, 2.05) is 0 Å². The van der Waals surface area contributed by atoms with E-state index in [9.17, 15) is 19.0 Å². The summed E-state index contributed by atoms with van der Waals surface area (Å²) in [6.45, 7) is 0. The Morgan fingerprint density at radius 3 is 1.14 bits per heavy atom. The fraction of sp³-hybridized carbons (Fsp3) is 0.500. The SMILES string of the molecule is Oc1ccc(CCCCCCCCCCCCc2ccc(O)c(F)c2)cc1F. The molecule has 0 spiro atoms. The molecular weight excluding hydrogens is 358 g/mol. The predicted octanol–water partition coefficient (Wildman–Crippen LogP) is 7.06. The molecule has 0 fully saturated rings. The van der Waals surface area contributed by atoms with Gasteiger partial charge in [0.25, 0.3) is 0 Å². The molecule has 0 amide bonds. The zero-order valence-corrected chi connectivity index (χ0v) is 16.6. The van der Waals surface area contributed by atoms with Crippen molar-refractivity contribution in [3.8, 4) is 11.5 Å². The minimum Gasteiger partial charge on any atom is -0.505 e. The molecule has 0 aliphatic carbocycles. The number of hydrogen-bond donors (Lipinski definition) is 2. The quantitative estimate of drug-likeness (QED) is 0.359. The van der Waals surface area contributed by atoms with E-state index in [2.05, 4.69) is 0 Å². The lowest BCUT2D eigenvalue weighted by molar-refractivity contribution is 0.431. The first-order valence-corrected chi connectivity index (χ1v) is 10.5. The van der Waals surface area contributed by atoms with E-state index in [0.717, 1.165) is 49.7 Å². The molecule has 2 aromatic rings. The topological polar surface area (TPSA) is 40.5 Å². The van der Waals surface area contributed by atoms with Gasteiger partial charge in [-0.2, -0.15) is 0 Å². The van der Waals surface area contributed by atoms with E-state index in [-0.39, 0.29) is 11.5 Å². The van der Waals surface area contributed by atoms with Crippen molar-refractivity contribution in [1.82, 2.24) is 0 Å². The number of hydrogen-bond acceptors (Lipinski definition) is 2. The van der Waals surface area contributed by atoms with Crippen molar-refractivity contribution in [3.63, 3.8) is 0 Å². The lowest BCUT2D eigenvalue weighted by Crippen LogP contribution is -1.89. The summed E-state index contributed by atoms with van der Waals surface area (Å²) < 4.78 is 26.5. The van der Waals surface area contributed by atoms with Crippen LogP contribution in [0, 0.1) is 11.6 Å². The highest BCUT2D eigenvalue weighted by atomic mass is 19.1. The summed E-state index contributed by atoms with van der Waals surface area (Å²) in [7, 11) is 0. The van der Waals surface area contributed by atoms with Gasteiger partial charge in [-0.25, -0.2) is 8.78 Å². The van der Waals surface area contributed by atoms with E-state index >= 15 is 0 Å². The first-order valence-electron chi connectivity index (χ1n) is 10.5. The third-order valence-electron chi connectivity index (χ3n) is 5.21. The average molecular weight is 391 g/mol. The van der Waals surface area contributed by atoms with Crippen LogP contribution in [0.4, 0.5) is 8.78 Å². The van der Waals surface area contributed by atoms with Crippen molar-refractivity contribution in [2.24, 2.45) is 0 Å². The van der Waals surface area contributed by atoms with Gasteiger partial charge in [0.1, 0.15) is 0 Å². The fourth-order valence-corrected chi connectivity index (χ4v) is 3.48. The smallest absolute Gasteiger partial charge is 0.165 e. The van der Waals surface area contributed by atoms with Crippen LogP contribution in [0.25, 0.3) is 0 Å². The van der Waals surface area contributed by atoms with Crippen molar-refractivity contribution in [1.29, 1.82) is 0 Å². The molecule has 0 saturated heterocycles. The number of phenolic OH excluding ortho intramolecular Hbond substituents is 2. The van der Waals surface area contributed by atoms with Gasteiger partial charge in [0.2, 0.25) is 0 Å². The molecule has 0 heterocycles. The third kappa shape index (κ3) is 8.28.